The Balaban J connectivity index is 2.51. The molecule has 0 aromatic carbocycles. The molecule has 0 radical (unpaired) electrons. The fourth-order valence-corrected chi connectivity index (χ4v) is 1.66. The highest BCUT2D eigenvalue weighted by Crippen LogP contribution is 2.20. The minimum atomic E-state index is -0.372. The Morgan fingerprint density at radius 3 is 2.61 bits per heavy atom. The lowest BCUT2D eigenvalue weighted by Gasteiger charge is -2.22. The Labute approximate surface area is 109 Å². The van der Waals surface area contributed by atoms with Crippen LogP contribution in [0.2, 0.25) is 0 Å². The van der Waals surface area contributed by atoms with Gasteiger partial charge < -0.3 is 15.3 Å². The highest BCUT2D eigenvalue weighted by Gasteiger charge is 2.16. The van der Waals surface area contributed by atoms with Crippen LogP contribution in [0.5, 0.6) is 0 Å². The first-order chi connectivity index (χ1) is 8.28. The van der Waals surface area contributed by atoms with Gasteiger partial charge in [-0.2, -0.15) is 4.98 Å². The molecular formula is C13H24N4O. The summed E-state index contributed by atoms with van der Waals surface area (Å²) in [6, 6.07) is 1.80. The Morgan fingerprint density at radius 1 is 1.39 bits per heavy atom. The molecule has 1 rings (SSSR count). The molecule has 1 unspecified atom stereocenters. The molecule has 0 spiro atoms. The largest absolute Gasteiger partial charge is 0.391 e. The fraction of sp³-hybridized carbons (Fsp3) is 0.692. The van der Waals surface area contributed by atoms with Crippen molar-refractivity contribution in [2.24, 2.45) is 5.41 Å². The van der Waals surface area contributed by atoms with Gasteiger partial charge in [0.05, 0.1) is 6.10 Å². The molecule has 2 N–H and O–H groups in total. The average molecular weight is 252 g/mol. The number of aliphatic hydroxyl groups excluding tert-OH is 1. The first-order valence-corrected chi connectivity index (χ1v) is 6.20. The van der Waals surface area contributed by atoms with Crippen molar-refractivity contribution in [3.05, 3.63) is 12.3 Å². The Bertz CT molecular complexity index is 373. The minimum absolute atomic E-state index is 0.127. The summed E-state index contributed by atoms with van der Waals surface area (Å²) in [5, 5.41) is 13.0. The summed E-state index contributed by atoms with van der Waals surface area (Å²) in [4.78, 5) is 10.3. The Kier molecular flexibility index (Phi) is 4.90. The van der Waals surface area contributed by atoms with Crippen LogP contribution >= 0.6 is 0 Å². The van der Waals surface area contributed by atoms with Crippen LogP contribution in [0.1, 0.15) is 27.2 Å². The lowest BCUT2D eigenvalue weighted by molar-refractivity contribution is 0.132. The second-order valence-corrected chi connectivity index (χ2v) is 5.94. The summed E-state index contributed by atoms with van der Waals surface area (Å²) in [6.45, 7) is 6.85. The molecule has 0 aliphatic rings. The molecule has 1 atom stereocenters. The van der Waals surface area contributed by atoms with Crippen molar-refractivity contribution in [1.29, 1.82) is 0 Å². The van der Waals surface area contributed by atoms with Crippen LogP contribution in [-0.2, 0) is 0 Å². The van der Waals surface area contributed by atoms with Crippen molar-refractivity contribution in [1.82, 2.24) is 9.97 Å². The van der Waals surface area contributed by atoms with E-state index in [1.165, 1.54) is 0 Å². The second kappa shape index (κ2) is 6.00. The van der Waals surface area contributed by atoms with E-state index in [4.69, 9.17) is 0 Å². The molecule has 1 aromatic heterocycles. The molecule has 0 saturated carbocycles. The summed E-state index contributed by atoms with van der Waals surface area (Å²) in [6.07, 6.45) is 2.09. The number of nitrogens with one attached hydrogen (secondary N) is 1. The number of nitrogens with zero attached hydrogens (tertiary/aromatic N) is 3. The van der Waals surface area contributed by atoms with E-state index in [-0.39, 0.29) is 11.5 Å². The zero-order chi connectivity index (χ0) is 13.8. The van der Waals surface area contributed by atoms with Crippen LogP contribution in [0, 0.1) is 5.41 Å². The lowest BCUT2D eigenvalue weighted by atomic mass is 9.89. The van der Waals surface area contributed by atoms with E-state index in [1.54, 1.807) is 12.3 Å². The van der Waals surface area contributed by atoms with Crippen LogP contribution in [0.3, 0.4) is 0 Å². The van der Waals surface area contributed by atoms with E-state index in [1.807, 2.05) is 19.0 Å². The third kappa shape index (κ3) is 5.31. The maximum atomic E-state index is 9.91. The molecule has 0 aliphatic carbocycles. The topological polar surface area (TPSA) is 61.3 Å². The van der Waals surface area contributed by atoms with Gasteiger partial charge >= 0.3 is 0 Å². The van der Waals surface area contributed by atoms with Gasteiger partial charge in [-0.1, -0.05) is 20.8 Å². The van der Waals surface area contributed by atoms with E-state index in [0.717, 1.165) is 12.2 Å². The van der Waals surface area contributed by atoms with Crippen LogP contribution in [0.4, 0.5) is 11.8 Å². The Morgan fingerprint density at radius 2 is 2.06 bits per heavy atom. The van der Waals surface area contributed by atoms with Gasteiger partial charge in [0.2, 0.25) is 5.95 Å². The highest BCUT2D eigenvalue weighted by molar-refractivity contribution is 5.40. The molecule has 1 aromatic rings. The van der Waals surface area contributed by atoms with Gasteiger partial charge in [-0.25, -0.2) is 4.98 Å². The van der Waals surface area contributed by atoms with E-state index in [2.05, 4.69) is 36.1 Å². The summed E-state index contributed by atoms with van der Waals surface area (Å²) in [5.41, 5.74) is 0.127. The number of rotatable bonds is 5. The summed E-state index contributed by atoms with van der Waals surface area (Å²) in [7, 11) is 3.79. The molecule has 102 valence electrons. The fourth-order valence-electron chi connectivity index (χ4n) is 1.66. The summed E-state index contributed by atoms with van der Waals surface area (Å²) >= 11 is 0. The molecule has 5 heteroatoms. The monoisotopic (exact) mass is 252 g/mol. The maximum absolute atomic E-state index is 9.91. The molecular weight excluding hydrogens is 228 g/mol. The van der Waals surface area contributed by atoms with E-state index in [0.29, 0.717) is 12.5 Å². The third-order valence-corrected chi connectivity index (χ3v) is 2.41. The lowest BCUT2D eigenvalue weighted by Crippen LogP contribution is -2.25. The predicted octanol–water partition coefficient (Wildman–Crippen LogP) is 1.75. The van der Waals surface area contributed by atoms with Gasteiger partial charge in [0.1, 0.15) is 5.82 Å². The molecule has 1 heterocycles. The highest BCUT2D eigenvalue weighted by atomic mass is 16.3. The number of anilines is 2. The minimum Gasteiger partial charge on any atom is -0.391 e. The number of aromatic nitrogens is 2. The third-order valence-electron chi connectivity index (χ3n) is 2.41. The van der Waals surface area contributed by atoms with E-state index < -0.39 is 0 Å². The zero-order valence-corrected chi connectivity index (χ0v) is 11.9. The van der Waals surface area contributed by atoms with Crippen molar-refractivity contribution in [2.75, 3.05) is 30.9 Å². The van der Waals surface area contributed by atoms with Crippen LogP contribution in [0.15, 0.2) is 12.3 Å². The standard InChI is InChI=1S/C13H24N4O/c1-13(2,3)8-10(18)9-15-11-6-7-14-12(16-11)17(4)5/h6-7,10,18H,8-9H2,1-5H3,(H,14,15,16). The molecule has 5 nitrogen and oxygen atoms in total. The number of aliphatic hydroxyl groups is 1. The maximum Gasteiger partial charge on any atom is 0.226 e. The van der Waals surface area contributed by atoms with Gasteiger partial charge in [0.15, 0.2) is 0 Å². The first-order valence-electron chi connectivity index (χ1n) is 6.20. The van der Waals surface area contributed by atoms with Crippen LogP contribution in [-0.4, -0.2) is 41.8 Å². The van der Waals surface area contributed by atoms with Gasteiger partial charge in [0, 0.05) is 26.8 Å². The van der Waals surface area contributed by atoms with E-state index >= 15 is 0 Å². The van der Waals surface area contributed by atoms with Crippen molar-refractivity contribution < 1.29 is 5.11 Å². The molecule has 0 saturated heterocycles. The van der Waals surface area contributed by atoms with Gasteiger partial charge in [-0.3, -0.25) is 0 Å². The summed E-state index contributed by atoms with van der Waals surface area (Å²) < 4.78 is 0. The van der Waals surface area contributed by atoms with Crippen molar-refractivity contribution in [3.8, 4) is 0 Å². The number of hydrogen-bond donors (Lipinski definition) is 2. The molecule has 0 fully saturated rings. The Hall–Kier alpha value is -1.36. The van der Waals surface area contributed by atoms with Crippen molar-refractivity contribution >= 4 is 11.8 Å². The van der Waals surface area contributed by atoms with Gasteiger partial charge in [0.25, 0.3) is 0 Å². The summed E-state index contributed by atoms with van der Waals surface area (Å²) in [5.74, 6) is 1.40. The quantitative estimate of drug-likeness (QED) is 0.836. The SMILES string of the molecule is CN(C)c1nccc(NCC(O)CC(C)(C)C)n1. The van der Waals surface area contributed by atoms with Crippen LogP contribution < -0.4 is 10.2 Å². The zero-order valence-electron chi connectivity index (χ0n) is 11.9. The van der Waals surface area contributed by atoms with Crippen LogP contribution in [0.25, 0.3) is 0 Å². The van der Waals surface area contributed by atoms with Gasteiger partial charge in [-0.05, 0) is 17.9 Å². The smallest absolute Gasteiger partial charge is 0.226 e. The van der Waals surface area contributed by atoms with E-state index in [9.17, 15) is 5.11 Å². The van der Waals surface area contributed by atoms with Crippen molar-refractivity contribution in [3.63, 3.8) is 0 Å². The first kappa shape index (κ1) is 14.7. The molecule has 0 bridgehead atoms. The normalized spacial score (nSPS) is 13.2. The predicted molar refractivity (Wildman–Crippen MR) is 74.9 cm³/mol. The molecule has 0 aliphatic heterocycles. The second-order valence-electron chi connectivity index (χ2n) is 5.94. The van der Waals surface area contributed by atoms with Gasteiger partial charge in [-0.15, -0.1) is 0 Å². The van der Waals surface area contributed by atoms with Crippen molar-refractivity contribution in [2.45, 2.75) is 33.3 Å². The number of hydrogen-bond acceptors (Lipinski definition) is 5. The molecule has 18 heavy (non-hydrogen) atoms. The average Bonchev–Trinajstić information content (AvgIpc) is 2.24. The molecule has 0 amide bonds.